The summed E-state index contributed by atoms with van der Waals surface area (Å²) in [6, 6.07) is 6.92. The molecular formula is C15H20N2O3S. The third-order valence-corrected chi connectivity index (χ3v) is 4.63. The normalized spacial score (nSPS) is 18.3. The van der Waals surface area contributed by atoms with E-state index in [0.717, 1.165) is 17.7 Å². The van der Waals surface area contributed by atoms with Crippen molar-refractivity contribution in [2.24, 2.45) is 0 Å². The van der Waals surface area contributed by atoms with Gasteiger partial charge in [-0.1, -0.05) is 31.2 Å². The Morgan fingerprint density at radius 2 is 2.10 bits per heavy atom. The van der Waals surface area contributed by atoms with Crippen molar-refractivity contribution in [2.45, 2.75) is 25.9 Å². The van der Waals surface area contributed by atoms with Crippen molar-refractivity contribution in [2.75, 3.05) is 18.1 Å². The molecule has 1 aromatic carbocycles. The molecule has 1 fully saturated rings. The Kier molecular flexibility index (Phi) is 5.50. The van der Waals surface area contributed by atoms with Gasteiger partial charge in [-0.05, 0) is 17.5 Å². The number of rotatable bonds is 4. The molecule has 2 rings (SSSR count). The van der Waals surface area contributed by atoms with Crippen LogP contribution in [-0.2, 0) is 17.8 Å². The molecule has 2 N–H and O–H groups in total. The number of nitrogens with zero attached hydrogens (tertiary/aromatic N) is 1. The van der Waals surface area contributed by atoms with Crippen molar-refractivity contribution in [3.8, 4) is 0 Å². The zero-order valence-corrected chi connectivity index (χ0v) is 12.9. The summed E-state index contributed by atoms with van der Waals surface area (Å²) >= 11 is 1.57. The van der Waals surface area contributed by atoms with E-state index in [2.05, 4.69) is 12.2 Å². The third-order valence-electron chi connectivity index (χ3n) is 3.60. The number of aliphatic carboxylic acids is 1. The standard InChI is InChI=1S/C15H20N2O3S/c1-2-11-5-3-4-6-12(11)9-16-15(20)17-7-8-21-10-13(17)14(18)19/h3-6,13H,2,7-10H2,1H3,(H,16,20)(H,18,19). The summed E-state index contributed by atoms with van der Waals surface area (Å²) in [5.41, 5.74) is 2.27. The number of thioether (sulfide) groups is 1. The summed E-state index contributed by atoms with van der Waals surface area (Å²) in [5.74, 6) is 0.295. The molecule has 0 saturated carbocycles. The number of amides is 2. The maximum atomic E-state index is 12.2. The molecule has 0 aliphatic carbocycles. The average molecular weight is 308 g/mol. The molecule has 0 spiro atoms. The first-order chi connectivity index (χ1) is 10.1. The predicted molar refractivity (Wildman–Crippen MR) is 83.5 cm³/mol. The molecule has 1 atom stereocenters. The third kappa shape index (κ3) is 3.91. The Hall–Kier alpha value is -1.69. The summed E-state index contributed by atoms with van der Waals surface area (Å²) in [6.45, 7) is 2.98. The average Bonchev–Trinajstić information content (AvgIpc) is 2.52. The minimum Gasteiger partial charge on any atom is -0.480 e. The Morgan fingerprint density at radius 3 is 2.76 bits per heavy atom. The van der Waals surface area contributed by atoms with Crippen LogP contribution in [0.25, 0.3) is 0 Å². The fourth-order valence-electron chi connectivity index (χ4n) is 2.40. The largest absolute Gasteiger partial charge is 0.480 e. The Labute approximate surface area is 128 Å². The van der Waals surface area contributed by atoms with Crippen molar-refractivity contribution < 1.29 is 14.7 Å². The molecule has 2 amide bonds. The lowest BCUT2D eigenvalue weighted by molar-refractivity contribution is -0.141. The molecule has 1 aliphatic rings. The van der Waals surface area contributed by atoms with Crippen LogP contribution in [0.4, 0.5) is 4.79 Å². The second-order valence-electron chi connectivity index (χ2n) is 4.90. The van der Waals surface area contributed by atoms with E-state index in [1.165, 1.54) is 10.5 Å². The smallest absolute Gasteiger partial charge is 0.327 e. The molecule has 114 valence electrons. The molecule has 0 bridgehead atoms. The molecule has 21 heavy (non-hydrogen) atoms. The monoisotopic (exact) mass is 308 g/mol. The van der Waals surface area contributed by atoms with Gasteiger partial charge >= 0.3 is 12.0 Å². The maximum Gasteiger partial charge on any atom is 0.327 e. The summed E-state index contributed by atoms with van der Waals surface area (Å²) in [7, 11) is 0. The summed E-state index contributed by atoms with van der Waals surface area (Å²) in [6.07, 6.45) is 0.907. The molecule has 1 unspecified atom stereocenters. The van der Waals surface area contributed by atoms with Gasteiger partial charge in [0, 0.05) is 24.6 Å². The van der Waals surface area contributed by atoms with Crippen molar-refractivity contribution in [1.29, 1.82) is 0 Å². The van der Waals surface area contributed by atoms with E-state index in [4.69, 9.17) is 0 Å². The van der Waals surface area contributed by atoms with Crippen LogP contribution in [-0.4, -0.2) is 46.1 Å². The van der Waals surface area contributed by atoms with Crippen LogP contribution >= 0.6 is 11.8 Å². The van der Waals surface area contributed by atoms with Gasteiger partial charge in [0.25, 0.3) is 0 Å². The highest BCUT2D eigenvalue weighted by Crippen LogP contribution is 2.17. The fourth-order valence-corrected chi connectivity index (χ4v) is 3.44. The Morgan fingerprint density at radius 1 is 1.38 bits per heavy atom. The Bertz CT molecular complexity index is 521. The van der Waals surface area contributed by atoms with E-state index in [0.29, 0.717) is 18.8 Å². The zero-order chi connectivity index (χ0) is 15.2. The van der Waals surface area contributed by atoms with Gasteiger partial charge in [0.1, 0.15) is 6.04 Å². The maximum absolute atomic E-state index is 12.2. The fraction of sp³-hybridized carbons (Fsp3) is 0.467. The quantitative estimate of drug-likeness (QED) is 0.892. The van der Waals surface area contributed by atoms with E-state index in [9.17, 15) is 14.7 Å². The number of carboxylic acids is 1. The van der Waals surface area contributed by atoms with E-state index in [-0.39, 0.29) is 6.03 Å². The van der Waals surface area contributed by atoms with Gasteiger partial charge < -0.3 is 15.3 Å². The molecule has 5 nitrogen and oxygen atoms in total. The van der Waals surface area contributed by atoms with Crippen molar-refractivity contribution in [1.82, 2.24) is 10.2 Å². The van der Waals surface area contributed by atoms with E-state index >= 15 is 0 Å². The minimum atomic E-state index is -0.939. The highest BCUT2D eigenvalue weighted by molar-refractivity contribution is 7.99. The minimum absolute atomic E-state index is 0.298. The first-order valence-corrected chi connectivity index (χ1v) is 8.20. The van der Waals surface area contributed by atoms with Crippen molar-refractivity contribution in [3.63, 3.8) is 0 Å². The lowest BCUT2D eigenvalue weighted by atomic mass is 10.1. The van der Waals surface area contributed by atoms with E-state index in [1.807, 2.05) is 24.3 Å². The van der Waals surface area contributed by atoms with E-state index in [1.54, 1.807) is 11.8 Å². The van der Waals surface area contributed by atoms with Gasteiger partial charge in [-0.3, -0.25) is 0 Å². The lowest BCUT2D eigenvalue weighted by Gasteiger charge is -2.32. The topological polar surface area (TPSA) is 69.6 Å². The van der Waals surface area contributed by atoms with Crippen LogP contribution in [0.15, 0.2) is 24.3 Å². The number of hydrogen-bond donors (Lipinski definition) is 2. The second-order valence-corrected chi connectivity index (χ2v) is 6.05. The van der Waals surface area contributed by atoms with Gasteiger partial charge in [0.2, 0.25) is 0 Å². The molecule has 1 aliphatic heterocycles. The van der Waals surface area contributed by atoms with Crippen LogP contribution < -0.4 is 5.32 Å². The summed E-state index contributed by atoms with van der Waals surface area (Å²) in [5, 5.41) is 12.0. The van der Waals surface area contributed by atoms with Gasteiger partial charge in [-0.15, -0.1) is 0 Å². The van der Waals surface area contributed by atoms with Crippen LogP contribution in [0.3, 0.4) is 0 Å². The first kappa shape index (κ1) is 15.7. The molecule has 0 aromatic heterocycles. The zero-order valence-electron chi connectivity index (χ0n) is 12.0. The van der Waals surface area contributed by atoms with Gasteiger partial charge in [0.05, 0.1) is 0 Å². The number of hydrogen-bond acceptors (Lipinski definition) is 3. The number of carbonyl (C=O) groups is 2. The van der Waals surface area contributed by atoms with Crippen molar-refractivity contribution >= 4 is 23.8 Å². The second kappa shape index (κ2) is 7.36. The number of carboxylic acid groups (broad SMARTS) is 1. The van der Waals surface area contributed by atoms with E-state index < -0.39 is 12.0 Å². The first-order valence-electron chi connectivity index (χ1n) is 7.05. The van der Waals surface area contributed by atoms with Gasteiger partial charge in [0.15, 0.2) is 0 Å². The summed E-state index contributed by atoms with van der Waals surface area (Å²) < 4.78 is 0. The molecule has 1 heterocycles. The molecular weight excluding hydrogens is 288 g/mol. The number of benzene rings is 1. The van der Waals surface area contributed by atoms with Crippen LogP contribution in [0, 0.1) is 0 Å². The lowest BCUT2D eigenvalue weighted by Crippen LogP contribution is -2.53. The van der Waals surface area contributed by atoms with Gasteiger partial charge in [-0.25, -0.2) is 9.59 Å². The number of urea groups is 1. The Balaban J connectivity index is 1.99. The SMILES string of the molecule is CCc1ccccc1CNC(=O)N1CCSCC1C(=O)O. The summed E-state index contributed by atoms with van der Waals surface area (Å²) in [4.78, 5) is 24.9. The molecule has 0 radical (unpaired) electrons. The highest BCUT2D eigenvalue weighted by Gasteiger charge is 2.32. The van der Waals surface area contributed by atoms with Crippen LogP contribution in [0.1, 0.15) is 18.1 Å². The molecule has 1 saturated heterocycles. The van der Waals surface area contributed by atoms with Crippen molar-refractivity contribution in [3.05, 3.63) is 35.4 Å². The number of aryl methyl sites for hydroxylation is 1. The molecule has 1 aromatic rings. The van der Waals surface area contributed by atoms with Crippen LogP contribution in [0.5, 0.6) is 0 Å². The van der Waals surface area contributed by atoms with Gasteiger partial charge in [-0.2, -0.15) is 11.8 Å². The molecule has 6 heteroatoms. The van der Waals surface area contributed by atoms with Crippen LogP contribution in [0.2, 0.25) is 0 Å². The highest BCUT2D eigenvalue weighted by atomic mass is 32.2. The predicted octanol–water partition coefficient (Wildman–Crippen LogP) is 1.96. The number of carbonyl (C=O) groups excluding carboxylic acids is 1. The number of nitrogens with one attached hydrogen (secondary N) is 1.